The molecule has 0 saturated heterocycles. The first kappa shape index (κ1) is 16.5. The Labute approximate surface area is 111 Å². The molecule has 0 aromatic rings. The Hall–Kier alpha value is -0.590. The minimum absolute atomic E-state index is 0.0579. The summed E-state index contributed by atoms with van der Waals surface area (Å²) in [5.74, 6) is -2.25. The minimum atomic E-state index is -4.23. The first-order valence-electron chi connectivity index (χ1n) is 6.37. The monoisotopic (exact) mass is 300 g/mol. The molecule has 0 radical (unpaired) electrons. The molecule has 0 aliphatic heterocycles. The van der Waals surface area contributed by atoms with E-state index in [2.05, 4.69) is 0 Å². The molecule has 0 N–H and O–H groups in total. The Morgan fingerprint density at radius 3 is 2.42 bits per heavy atom. The molecule has 1 aliphatic carbocycles. The van der Waals surface area contributed by atoms with E-state index in [1.165, 1.54) is 0 Å². The van der Waals surface area contributed by atoms with Gasteiger partial charge in [-0.15, -0.1) is 0 Å². The van der Waals surface area contributed by atoms with Gasteiger partial charge >= 0.3 is 6.18 Å². The van der Waals surface area contributed by atoms with E-state index in [4.69, 9.17) is 0 Å². The number of hydrogen-bond acceptors (Lipinski definition) is 3. The molecule has 19 heavy (non-hydrogen) atoms. The van der Waals surface area contributed by atoms with Crippen LogP contribution < -0.4 is 0 Å². The number of hydrogen-bond donors (Lipinski definition) is 0. The summed E-state index contributed by atoms with van der Waals surface area (Å²) in [4.78, 5) is 11.8. The van der Waals surface area contributed by atoms with Gasteiger partial charge in [0.15, 0.2) is 0 Å². The number of carbonyl (C=O) groups excluding carboxylic acids is 1. The lowest BCUT2D eigenvalue weighted by Crippen LogP contribution is -2.31. The molecular formula is C12H19F3O3S. The van der Waals surface area contributed by atoms with Crippen molar-refractivity contribution in [2.75, 3.05) is 12.0 Å². The Morgan fingerprint density at radius 1 is 1.26 bits per heavy atom. The van der Waals surface area contributed by atoms with Gasteiger partial charge in [0.05, 0.1) is 11.7 Å². The van der Waals surface area contributed by atoms with E-state index in [0.29, 0.717) is 12.8 Å². The molecule has 0 amide bonds. The van der Waals surface area contributed by atoms with E-state index in [0.717, 1.165) is 6.26 Å². The van der Waals surface area contributed by atoms with Crippen LogP contribution >= 0.6 is 0 Å². The summed E-state index contributed by atoms with van der Waals surface area (Å²) in [5.41, 5.74) is 0. The van der Waals surface area contributed by atoms with Crippen molar-refractivity contribution in [3.63, 3.8) is 0 Å². The molecule has 0 spiro atoms. The van der Waals surface area contributed by atoms with Crippen molar-refractivity contribution >= 4 is 15.6 Å². The molecule has 1 saturated carbocycles. The summed E-state index contributed by atoms with van der Waals surface area (Å²) in [6.07, 6.45) is -2.04. The predicted octanol–water partition coefficient (Wildman–Crippen LogP) is 2.75. The molecule has 112 valence electrons. The highest BCUT2D eigenvalue weighted by molar-refractivity contribution is 7.90. The van der Waals surface area contributed by atoms with Crippen LogP contribution in [0.4, 0.5) is 13.2 Å². The molecule has 1 rings (SSSR count). The number of ketones is 1. The summed E-state index contributed by atoms with van der Waals surface area (Å²) in [7, 11) is -3.12. The number of sulfone groups is 1. The maximum absolute atomic E-state index is 12.6. The van der Waals surface area contributed by atoms with Crippen LogP contribution in [0.15, 0.2) is 0 Å². The van der Waals surface area contributed by atoms with Crippen molar-refractivity contribution in [3.8, 4) is 0 Å². The highest BCUT2D eigenvalue weighted by Crippen LogP contribution is 2.40. The molecule has 0 bridgehead atoms. The van der Waals surface area contributed by atoms with Crippen molar-refractivity contribution in [3.05, 3.63) is 0 Å². The van der Waals surface area contributed by atoms with Crippen molar-refractivity contribution in [1.82, 2.24) is 0 Å². The van der Waals surface area contributed by atoms with E-state index in [1.807, 2.05) is 0 Å². The van der Waals surface area contributed by atoms with Gasteiger partial charge in [0, 0.05) is 18.6 Å². The molecule has 2 atom stereocenters. The van der Waals surface area contributed by atoms with E-state index in [1.54, 1.807) is 0 Å². The van der Waals surface area contributed by atoms with Gasteiger partial charge in [-0.2, -0.15) is 13.2 Å². The standard InChI is InChI=1S/C12H19F3O3S/c1-19(17,18)7-3-6-11(16)9-4-2-5-10(8-9)12(13,14)15/h9-10H,2-8H2,1H3. The van der Waals surface area contributed by atoms with Crippen molar-refractivity contribution in [2.45, 2.75) is 44.7 Å². The highest BCUT2D eigenvalue weighted by Gasteiger charge is 2.43. The summed E-state index contributed by atoms with van der Waals surface area (Å²) in [6.45, 7) is 0. The normalized spacial score (nSPS) is 25.3. The largest absolute Gasteiger partial charge is 0.391 e. The predicted molar refractivity (Wildman–Crippen MR) is 65.5 cm³/mol. The first-order valence-corrected chi connectivity index (χ1v) is 8.43. The fourth-order valence-electron chi connectivity index (χ4n) is 2.49. The van der Waals surface area contributed by atoms with Gasteiger partial charge in [-0.3, -0.25) is 4.79 Å². The number of carbonyl (C=O) groups is 1. The van der Waals surface area contributed by atoms with Crippen LogP contribution in [0.5, 0.6) is 0 Å². The van der Waals surface area contributed by atoms with E-state index < -0.39 is 27.8 Å². The molecule has 7 heteroatoms. The lowest BCUT2D eigenvalue weighted by atomic mass is 9.78. The molecule has 2 unspecified atom stereocenters. The van der Waals surface area contributed by atoms with E-state index in [-0.39, 0.29) is 37.2 Å². The number of halogens is 3. The zero-order chi connectivity index (χ0) is 14.7. The Balaban J connectivity index is 2.44. The zero-order valence-corrected chi connectivity index (χ0v) is 11.7. The smallest absolute Gasteiger partial charge is 0.299 e. The lowest BCUT2D eigenvalue weighted by molar-refractivity contribution is -0.186. The fourth-order valence-corrected chi connectivity index (χ4v) is 3.16. The average molecular weight is 300 g/mol. The lowest BCUT2D eigenvalue weighted by Gasteiger charge is -2.29. The van der Waals surface area contributed by atoms with Gasteiger partial charge in [0.2, 0.25) is 0 Å². The topological polar surface area (TPSA) is 51.2 Å². The van der Waals surface area contributed by atoms with E-state index in [9.17, 15) is 26.4 Å². The molecule has 0 aromatic heterocycles. The molecule has 1 aliphatic rings. The third-order valence-electron chi connectivity index (χ3n) is 3.53. The van der Waals surface area contributed by atoms with Crippen molar-refractivity contribution < 1.29 is 26.4 Å². The van der Waals surface area contributed by atoms with Crippen LogP contribution in [-0.2, 0) is 14.6 Å². The van der Waals surface area contributed by atoms with E-state index >= 15 is 0 Å². The summed E-state index contributed by atoms with van der Waals surface area (Å²) < 4.78 is 59.6. The minimum Gasteiger partial charge on any atom is -0.299 e. The van der Waals surface area contributed by atoms with Crippen LogP contribution in [0.1, 0.15) is 38.5 Å². The third kappa shape index (κ3) is 5.93. The SMILES string of the molecule is CS(=O)(=O)CCCC(=O)C1CCCC(C(F)(F)F)C1. The van der Waals surface area contributed by atoms with Crippen LogP contribution in [0.2, 0.25) is 0 Å². The van der Waals surface area contributed by atoms with Crippen molar-refractivity contribution in [2.24, 2.45) is 11.8 Å². The second-order valence-corrected chi connectivity index (χ2v) is 7.56. The zero-order valence-electron chi connectivity index (χ0n) is 10.9. The van der Waals surface area contributed by atoms with Gasteiger partial charge in [-0.25, -0.2) is 8.42 Å². The quantitative estimate of drug-likeness (QED) is 0.784. The number of Topliss-reactive ketones (excluding diaryl/α,β-unsaturated/α-hetero) is 1. The maximum Gasteiger partial charge on any atom is 0.391 e. The summed E-state index contributed by atoms with van der Waals surface area (Å²) in [5, 5.41) is 0. The van der Waals surface area contributed by atoms with Crippen LogP contribution in [0.3, 0.4) is 0 Å². The molecule has 0 aromatic carbocycles. The van der Waals surface area contributed by atoms with Crippen molar-refractivity contribution in [1.29, 1.82) is 0 Å². The average Bonchev–Trinajstić information content (AvgIpc) is 2.26. The first-order chi connectivity index (χ1) is 8.59. The van der Waals surface area contributed by atoms with Gasteiger partial charge in [-0.1, -0.05) is 6.42 Å². The Bertz CT molecular complexity index is 414. The van der Waals surface area contributed by atoms with Crippen LogP contribution in [0, 0.1) is 11.8 Å². The highest BCUT2D eigenvalue weighted by atomic mass is 32.2. The fraction of sp³-hybridized carbons (Fsp3) is 0.917. The summed E-state index contributed by atoms with van der Waals surface area (Å²) >= 11 is 0. The van der Waals surface area contributed by atoms with Gasteiger partial charge in [0.1, 0.15) is 15.6 Å². The number of alkyl halides is 3. The van der Waals surface area contributed by atoms with Gasteiger partial charge in [-0.05, 0) is 25.7 Å². The molecule has 3 nitrogen and oxygen atoms in total. The molecule has 1 fully saturated rings. The Morgan fingerprint density at radius 2 is 1.89 bits per heavy atom. The van der Waals surface area contributed by atoms with Crippen LogP contribution in [0.25, 0.3) is 0 Å². The van der Waals surface area contributed by atoms with Crippen LogP contribution in [-0.4, -0.2) is 32.4 Å². The molecule has 0 heterocycles. The third-order valence-corrected chi connectivity index (χ3v) is 4.56. The maximum atomic E-state index is 12.6. The van der Waals surface area contributed by atoms with Gasteiger partial charge < -0.3 is 0 Å². The Kier molecular flexibility index (Phi) is 5.41. The summed E-state index contributed by atoms with van der Waals surface area (Å²) in [6, 6.07) is 0. The van der Waals surface area contributed by atoms with Gasteiger partial charge in [0.25, 0.3) is 0 Å². The second-order valence-electron chi connectivity index (χ2n) is 5.30. The molecular weight excluding hydrogens is 281 g/mol. The number of rotatable bonds is 5. The second kappa shape index (κ2) is 6.24.